The smallest absolute Gasteiger partial charge is 0.271 e. The molecule has 0 saturated carbocycles. The van der Waals surface area contributed by atoms with Gasteiger partial charge >= 0.3 is 0 Å². The van der Waals surface area contributed by atoms with Crippen molar-refractivity contribution in [3.8, 4) is 0 Å². The first-order valence-corrected chi connectivity index (χ1v) is 3.82. The van der Waals surface area contributed by atoms with Crippen LogP contribution in [0, 0.1) is 15.5 Å². The normalized spacial score (nSPS) is 11.6. The highest BCUT2D eigenvalue weighted by Gasteiger charge is 2.20. The molecule has 0 fully saturated rings. The Morgan fingerprint density at radius 3 is 2.54 bits per heavy atom. The molecule has 0 amide bonds. The van der Waals surface area contributed by atoms with Gasteiger partial charge in [-0.2, -0.15) is 0 Å². The molecule has 0 bridgehead atoms. The standard InChI is InChI=1S/C6H11N5O2/c1-6(2,3)4-5-7-9-10(8-5)11(12)13/h4H2,1-3H3. The van der Waals surface area contributed by atoms with Crippen molar-refractivity contribution in [3.63, 3.8) is 0 Å². The molecule has 0 spiro atoms. The van der Waals surface area contributed by atoms with Gasteiger partial charge in [0.15, 0.2) is 4.91 Å². The maximum Gasteiger partial charge on any atom is 0.271 e. The lowest BCUT2D eigenvalue weighted by Crippen LogP contribution is -2.14. The zero-order valence-corrected chi connectivity index (χ0v) is 7.76. The van der Waals surface area contributed by atoms with E-state index in [1.165, 1.54) is 0 Å². The van der Waals surface area contributed by atoms with Crippen molar-refractivity contribution in [1.29, 1.82) is 0 Å². The van der Waals surface area contributed by atoms with Crippen LogP contribution in [-0.4, -0.2) is 25.3 Å². The Balaban J connectivity index is 2.75. The lowest BCUT2D eigenvalue weighted by Gasteiger charge is -2.12. The van der Waals surface area contributed by atoms with Crippen LogP contribution in [0.15, 0.2) is 0 Å². The first-order chi connectivity index (χ1) is 5.88. The second-order valence-corrected chi connectivity index (χ2v) is 3.95. The average Bonchev–Trinajstić information content (AvgIpc) is 2.31. The molecular formula is C6H11N5O2. The van der Waals surface area contributed by atoms with E-state index in [4.69, 9.17) is 0 Å². The number of nitro groups is 1. The molecule has 1 heterocycles. The van der Waals surface area contributed by atoms with Gasteiger partial charge in [0.05, 0.1) is 0 Å². The van der Waals surface area contributed by atoms with Gasteiger partial charge in [-0.25, -0.2) is 0 Å². The van der Waals surface area contributed by atoms with Crippen LogP contribution in [0.2, 0.25) is 0 Å². The van der Waals surface area contributed by atoms with Crippen molar-refractivity contribution in [3.05, 3.63) is 15.9 Å². The zero-order chi connectivity index (χ0) is 10.1. The van der Waals surface area contributed by atoms with E-state index in [0.717, 1.165) is 0 Å². The summed E-state index contributed by atoms with van der Waals surface area (Å²) in [5.41, 5.74) is 0.00443. The van der Waals surface area contributed by atoms with Gasteiger partial charge in [0.25, 0.3) is 5.82 Å². The van der Waals surface area contributed by atoms with E-state index in [1.54, 1.807) is 0 Å². The molecule has 72 valence electrons. The molecule has 0 aliphatic carbocycles. The minimum absolute atomic E-state index is 0.00443. The third kappa shape index (κ3) is 2.77. The fourth-order valence-electron chi connectivity index (χ4n) is 0.849. The Hall–Kier alpha value is -1.53. The number of tetrazole rings is 1. The van der Waals surface area contributed by atoms with Crippen LogP contribution in [-0.2, 0) is 6.42 Å². The Morgan fingerprint density at radius 2 is 2.15 bits per heavy atom. The molecule has 13 heavy (non-hydrogen) atoms. The van der Waals surface area contributed by atoms with E-state index < -0.39 is 5.03 Å². The largest absolute Gasteiger partial charge is 0.372 e. The second-order valence-electron chi connectivity index (χ2n) is 3.95. The molecule has 1 aromatic heterocycles. The minimum atomic E-state index is -0.723. The summed E-state index contributed by atoms with van der Waals surface area (Å²) in [5, 5.41) is 19.9. The summed E-state index contributed by atoms with van der Waals surface area (Å²) in [6, 6.07) is 0. The molecule has 0 radical (unpaired) electrons. The van der Waals surface area contributed by atoms with E-state index in [9.17, 15) is 10.1 Å². The molecule has 7 heteroatoms. The molecule has 1 aromatic rings. The molecule has 7 nitrogen and oxygen atoms in total. The summed E-state index contributed by atoms with van der Waals surface area (Å²) >= 11 is 0. The van der Waals surface area contributed by atoms with Crippen molar-refractivity contribution in [1.82, 2.24) is 20.3 Å². The number of aromatic nitrogens is 4. The molecule has 0 atom stereocenters. The van der Waals surface area contributed by atoms with Crippen LogP contribution in [0.25, 0.3) is 0 Å². The zero-order valence-electron chi connectivity index (χ0n) is 7.76. The van der Waals surface area contributed by atoms with Crippen LogP contribution >= 0.6 is 0 Å². The summed E-state index contributed by atoms with van der Waals surface area (Å²) in [5.74, 6) is 0.393. The summed E-state index contributed by atoms with van der Waals surface area (Å²) in [6.45, 7) is 6.00. The van der Waals surface area contributed by atoms with Crippen LogP contribution in [0.4, 0.5) is 0 Å². The topological polar surface area (TPSA) is 86.7 Å². The Morgan fingerprint density at radius 1 is 1.54 bits per heavy atom. The van der Waals surface area contributed by atoms with E-state index in [2.05, 4.69) is 15.4 Å². The molecule has 0 N–H and O–H groups in total. The number of rotatable bonds is 2. The number of nitrogens with zero attached hydrogens (tertiary/aromatic N) is 5. The van der Waals surface area contributed by atoms with Crippen molar-refractivity contribution >= 4 is 0 Å². The first kappa shape index (κ1) is 9.56. The molecule has 0 saturated heterocycles. The highest BCUT2D eigenvalue weighted by molar-refractivity contribution is 4.82. The quantitative estimate of drug-likeness (QED) is 0.488. The fraction of sp³-hybridized carbons (Fsp3) is 0.833. The predicted molar refractivity (Wildman–Crippen MR) is 43.4 cm³/mol. The second kappa shape index (κ2) is 3.08. The van der Waals surface area contributed by atoms with Crippen LogP contribution in [0.5, 0.6) is 0 Å². The maximum absolute atomic E-state index is 10.2. The van der Waals surface area contributed by atoms with Crippen LogP contribution < -0.4 is 0 Å². The summed E-state index contributed by atoms with van der Waals surface area (Å²) in [4.78, 5) is 10.6. The van der Waals surface area contributed by atoms with Crippen LogP contribution in [0.1, 0.15) is 26.6 Å². The molecule has 0 aromatic carbocycles. The highest BCUT2D eigenvalue weighted by Crippen LogP contribution is 2.17. The van der Waals surface area contributed by atoms with Gasteiger partial charge in [0.2, 0.25) is 0 Å². The monoisotopic (exact) mass is 185 g/mol. The van der Waals surface area contributed by atoms with Gasteiger partial charge in [0, 0.05) is 16.6 Å². The Kier molecular flexibility index (Phi) is 2.26. The molecule has 1 rings (SSSR count). The van der Waals surface area contributed by atoms with E-state index >= 15 is 0 Å². The van der Waals surface area contributed by atoms with Crippen molar-refractivity contribution in [2.24, 2.45) is 5.41 Å². The fourth-order valence-corrected chi connectivity index (χ4v) is 0.849. The summed E-state index contributed by atoms with van der Waals surface area (Å²) < 4.78 is 0. The first-order valence-electron chi connectivity index (χ1n) is 3.82. The predicted octanol–water partition coefficient (Wildman–Crippen LogP) is 0.301. The third-order valence-electron chi connectivity index (χ3n) is 1.28. The van der Waals surface area contributed by atoms with Gasteiger partial charge in [0.1, 0.15) is 5.21 Å². The molecule has 0 unspecified atom stereocenters. The maximum atomic E-state index is 10.2. The minimum Gasteiger partial charge on any atom is -0.372 e. The van der Waals surface area contributed by atoms with Crippen molar-refractivity contribution in [2.75, 3.05) is 0 Å². The molecular weight excluding hydrogens is 174 g/mol. The van der Waals surface area contributed by atoms with E-state index in [-0.39, 0.29) is 5.41 Å². The Labute approximate surface area is 74.9 Å². The lowest BCUT2D eigenvalue weighted by molar-refractivity contribution is -0.564. The van der Waals surface area contributed by atoms with Gasteiger partial charge in [-0.15, -0.1) is 0 Å². The number of hydrogen-bond donors (Lipinski definition) is 0. The van der Waals surface area contributed by atoms with Crippen molar-refractivity contribution < 1.29 is 5.03 Å². The third-order valence-corrected chi connectivity index (χ3v) is 1.28. The van der Waals surface area contributed by atoms with Crippen LogP contribution in [0.3, 0.4) is 0 Å². The SMILES string of the molecule is CC(C)(C)Cc1nnn([N+](=O)[O-])n1. The van der Waals surface area contributed by atoms with Gasteiger partial charge < -0.3 is 10.1 Å². The number of hydrogen-bond acceptors (Lipinski definition) is 5. The van der Waals surface area contributed by atoms with E-state index in [1.807, 2.05) is 20.8 Å². The molecule has 0 aliphatic rings. The Bertz CT molecular complexity index is 313. The van der Waals surface area contributed by atoms with Gasteiger partial charge in [-0.3, -0.25) is 0 Å². The highest BCUT2D eigenvalue weighted by atomic mass is 16.7. The van der Waals surface area contributed by atoms with Gasteiger partial charge in [-0.05, 0) is 10.5 Å². The van der Waals surface area contributed by atoms with E-state index in [0.29, 0.717) is 17.2 Å². The van der Waals surface area contributed by atoms with Gasteiger partial charge in [-0.1, -0.05) is 20.8 Å². The summed E-state index contributed by atoms with van der Waals surface area (Å²) in [6.07, 6.45) is 0.570. The lowest BCUT2D eigenvalue weighted by atomic mass is 9.92. The average molecular weight is 185 g/mol. The summed E-state index contributed by atoms with van der Waals surface area (Å²) in [7, 11) is 0. The van der Waals surface area contributed by atoms with Crippen molar-refractivity contribution in [2.45, 2.75) is 27.2 Å². The molecule has 0 aliphatic heterocycles.